The maximum absolute atomic E-state index is 9.77. The van der Waals surface area contributed by atoms with Crippen LogP contribution in [-0.2, 0) is 4.74 Å². The van der Waals surface area contributed by atoms with E-state index in [1.807, 2.05) is 24.3 Å². The summed E-state index contributed by atoms with van der Waals surface area (Å²) >= 11 is 0. The second kappa shape index (κ2) is 11.9. The largest absolute Gasteiger partial charge is 0.489 e. The van der Waals surface area contributed by atoms with E-state index >= 15 is 0 Å². The highest BCUT2D eigenvalue weighted by Gasteiger charge is 2.28. The number of nitriles is 1. The Labute approximate surface area is 229 Å². The van der Waals surface area contributed by atoms with E-state index in [-0.39, 0.29) is 6.10 Å². The lowest BCUT2D eigenvalue weighted by atomic mass is 10.1. The molecule has 0 aliphatic carbocycles. The molecule has 0 saturated carbocycles. The van der Waals surface area contributed by atoms with Gasteiger partial charge in [0.25, 0.3) is 0 Å². The van der Waals surface area contributed by atoms with Crippen molar-refractivity contribution >= 4 is 17.3 Å². The molecule has 39 heavy (non-hydrogen) atoms. The highest BCUT2D eigenvalue weighted by atomic mass is 16.5. The number of piperazine rings is 1. The zero-order valence-electron chi connectivity index (χ0n) is 22.1. The molecule has 3 aliphatic heterocycles. The van der Waals surface area contributed by atoms with Gasteiger partial charge in [0.2, 0.25) is 5.95 Å². The Morgan fingerprint density at radius 2 is 1.85 bits per heavy atom. The SMILES string of the molecule is N#Cc1cc(-c2ncnc(Nc3ccc(N4CCN(C5COC5)CC4)cc3)n2)ccc1OC1CCCNCC1. The van der Waals surface area contributed by atoms with E-state index in [9.17, 15) is 5.26 Å². The van der Waals surface area contributed by atoms with Crippen molar-refractivity contribution in [2.45, 2.75) is 31.4 Å². The lowest BCUT2D eigenvalue weighted by Crippen LogP contribution is -2.56. The van der Waals surface area contributed by atoms with Crippen LogP contribution in [0.15, 0.2) is 48.8 Å². The van der Waals surface area contributed by atoms with E-state index in [1.54, 1.807) is 6.07 Å². The van der Waals surface area contributed by atoms with Gasteiger partial charge in [-0.25, -0.2) is 9.97 Å². The third-order valence-corrected chi connectivity index (χ3v) is 7.69. The van der Waals surface area contributed by atoms with Gasteiger partial charge in [-0.3, -0.25) is 4.90 Å². The molecule has 10 heteroatoms. The van der Waals surface area contributed by atoms with E-state index in [1.165, 1.54) is 12.0 Å². The number of hydrogen-bond donors (Lipinski definition) is 2. The summed E-state index contributed by atoms with van der Waals surface area (Å²) in [4.78, 5) is 18.2. The van der Waals surface area contributed by atoms with Crippen LogP contribution in [0.3, 0.4) is 0 Å². The lowest BCUT2D eigenvalue weighted by Gasteiger charge is -2.43. The van der Waals surface area contributed by atoms with Crippen molar-refractivity contribution in [1.82, 2.24) is 25.2 Å². The number of hydrogen-bond acceptors (Lipinski definition) is 10. The highest BCUT2D eigenvalue weighted by molar-refractivity contribution is 5.64. The second-order valence-electron chi connectivity index (χ2n) is 10.3. The summed E-state index contributed by atoms with van der Waals surface area (Å²) in [6.07, 6.45) is 4.59. The summed E-state index contributed by atoms with van der Waals surface area (Å²) in [5.74, 6) is 1.56. The van der Waals surface area contributed by atoms with Gasteiger partial charge in [0.15, 0.2) is 5.82 Å². The van der Waals surface area contributed by atoms with Crippen LogP contribution in [0.4, 0.5) is 17.3 Å². The molecule has 0 bridgehead atoms. The first-order valence-electron chi connectivity index (χ1n) is 13.8. The molecule has 3 aliphatic rings. The van der Waals surface area contributed by atoms with Crippen molar-refractivity contribution < 1.29 is 9.47 Å². The summed E-state index contributed by atoms with van der Waals surface area (Å²) < 4.78 is 11.5. The quantitative estimate of drug-likeness (QED) is 0.476. The first-order valence-corrected chi connectivity index (χ1v) is 13.8. The number of benzene rings is 2. The van der Waals surface area contributed by atoms with Crippen LogP contribution in [0, 0.1) is 11.3 Å². The lowest BCUT2D eigenvalue weighted by molar-refractivity contribution is -0.0660. The van der Waals surface area contributed by atoms with Crippen molar-refractivity contribution in [3.63, 3.8) is 0 Å². The molecule has 3 aromatic rings. The van der Waals surface area contributed by atoms with Gasteiger partial charge in [-0.05, 0) is 74.8 Å². The predicted molar refractivity (Wildman–Crippen MR) is 149 cm³/mol. The molecule has 2 aromatic carbocycles. The summed E-state index contributed by atoms with van der Waals surface area (Å²) in [5, 5.41) is 16.4. The Balaban J connectivity index is 1.09. The summed E-state index contributed by atoms with van der Waals surface area (Å²) in [6.45, 7) is 7.87. The molecule has 3 saturated heterocycles. The molecular formula is C29H34N8O2. The average Bonchev–Trinajstić information content (AvgIpc) is 3.22. The zero-order chi connectivity index (χ0) is 26.4. The molecule has 4 heterocycles. The van der Waals surface area contributed by atoms with E-state index in [0.29, 0.717) is 29.1 Å². The number of rotatable bonds is 7. The predicted octanol–water partition coefficient (Wildman–Crippen LogP) is 3.20. The summed E-state index contributed by atoms with van der Waals surface area (Å²) in [7, 11) is 0. The van der Waals surface area contributed by atoms with Crippen molar-refractivity contribution in [2.75, 3.05) is 62.7 Å². The van der Waals surface area contributed by atoms with Crippen molar-refractivity contribution in [3.05, 3.63) is 54.4 Å². The van der Waals surface area contributed by atoms with Crippen LogP contribution in [0.25, 0.3) is 11.4 Å². The molecule has 1 unspecified atom stereocenters. The highest BCUT2D eigenvalue weighted by Crippen LogP contribution is 2.28. The average molecular weight is 527 g/mol. The fourth-order valence-electron chi connectivity index (χ4n) is 5.30. The van der Waals surface area contributed by atoms with Crippen molar-refractivity contribution in [3.8, 4) is 23.2 Å². The molecule has 1 atom stereocenters. The third kappa shape index (κ3) is 6.11. The van der Waals surface area contributed by atoms with Crippen molar-refractivity contribution in [1.29, 1.82) is 5.26 Å². The normalized spacial score (nSPS) is 20.5. The Hall–Kier alpha value is -3.78. The van der Waals surface area contributed by atoms with Gasteiger partial charge in [-0.15, -0.1) is 0 Å². The maximum atomic E-state index is 9.77. The summed E-state index contributed by atoms with van der Waals surface area (Å²) in [5.41, 5.74) is 3.35. The number of aromatic nitrogens is 3. The first kappa shape index (κ1) is 25.5. The molecule has 2 N–H and O–H groups in total. The molecule has 0 amide bonds. The van der Waals surface area contributed by atoms with Crippen LogP contribution in [0.5, 0.6) is 5.75 Å². The minimum Gasteiger partial charge on any atom is -0.489 e. The first-order chi connectivity index (χ1) is 19.2. The fourth-order valence-corrected chi connectivity index (χ4v) is 5.30. The second-order valence-corrected chi connectivity index (χ2v) is 10.3. The minimum absolute atomic E-state index is 0.115. The molecule has 10 nitrogen and oxygen atoms in total. The number of ether oxygens (including phenoxy) is 2. The van der Waals surface area contributed by atoms with Gasteiger partial charge < -0.3 is 25.0 Å². The fraction of sp³-hybridized carbons (Fsp3) is 0.448. The van der Waals surface area contributed by atoms with Crippen LogP contribution in [0.1, 0.15) is 24.8 Å². The van der Waals surface area contributed by atoms with Crippen molar-refractivity contribution in [2.24, 2.45) is 0 Å². The topological polar surface area (TPSA) is 111 Å². The Morgan fingerprint density at radius 1 is 1.00 bits per heavy atom. The van der Waals surface area contributed by atoms with Gasteiger partial charge in [0.1, 0.15) is 24.3 Å². The molecule has 0 radical (unpaired) electrons. The van der Waals surface area contributed by atoms with Gasteiger partial charge in [0, 0.05) is 43.1 Å². The minimum atomic E-state index is 0.115. The molecular weight excluding hydrogens is 492 g/mol. The van der Waals surface area contributed by atoms with Gasteiger partial charge in [-0.2, -0.15) is 10.2 Å². The van der Waals surface area contributed by atoms with Gasteiger partial charge >= 0.3 is 0 Å². The Kier molecular flexibility index (Phi) is 7.81. The monoisotopic (exact) mass is 526 g/mol. The van der Waals surface area contributed by atoms with E-state index in [4.69, 9.17) is 9.47 Å². The van der Waals surface area contributed by atoms with Crippen LogP contribution >= 0.6 is 0 Å². The number of nitrogens with zero attached hydrogens (tertiary/aromatic N) is 6. The number of anilines is 3. The summed E-state index contributed by atoms with van der Waals surface area (Å²) in [6, 6.07) is 16.8. The van der Waals surface area contributed by atoms with Crippen LogP contribution < -0.4 is 20.3 Å². The van der Waals surface area contributed by atoms with E-state index < -0.39 is 0 Å². The molecule has 6 rings (SSSR count). The van der Waals surface area contributed by atoms with Gasteiger partial charge in [-0.1, -0.05) is 0 Å². The van der Waals surface area contributed by atoms with Gasteiger partial charge in [0.05, 0.1) is 24.8 Å². The third-order valence-electron chi connectivity index (χ3n) is 7.69. The van der Waals surface area contributed by atoms with E-state index in [2.05, 4.69) is 53.6 Å². The smallest absolute Gasteiger partial charge is 0.230 e. The maximum Gasteiger partial charge on any atom is 0.230 e. The number of nitrogens with one attached hydrogen (secondary N) is 2. The van der Waals surface area contributed by atoms with E-state index in [0.717, 1.165) is 83.0 Å². The molecule has 202 valence electrons. The molecule has 0 spiro atoms. The van der Waals surface area contributed by atoms with Crippen LogP contribution in [-0.4, -0.2) is 84.5 Å². The zero-order valence-corrected chi connectivity index (χ0v) is 22.1. The Bertz CT molecular complexity index is 1290. The molecule has 3 fully saturated rings. The Morgan fingerprint density at radius 3 is 2.62 bits per heavy atom. The standard InChI is InChI=1S/C29H34N8O2/c30-17-22-16-21(3-8-27(22)39-26-2-1-10-31-11-9-26)28-32-20-33-29(35-28)34-23-4-6-24(7-5-23)36-12-14-37(15-13-36)25-18-38-19-25/h3-8,16,20,25-26,31H,1-2,9-15,18-19H2,(H,32,33,34,35). The molecule has 1 aromatic heterocycles. The van der Waals surface area contributed by atoms with Crippen LogP contribution in [0.2, 0.25) is 0 Å².